The van der Waals surface area contributed by atoms with E-state index in [0.29, 0.717) is 18.1 Å². The number of rotatable bonds is 2. The van der Waals surface area contributed by atoms with Gasteiger partial charge in [0.05, 0.1) is 17.8 Å². The molecule has 6 heteroatoms. The molecule has 90 valence electrons. The van der Waals surface area contributed by atoms with Gasteiger partial charge >= 0.3 is 0 Å². The third-order valence-corrected chi connectivity index (χ3v) is 2.77. The maximum atomic E-state index is 5.59. The molecule has 0 fully saturated rings. The Kier molecular flexibility index (Phi) is 2.33. The predicted octanol–water partition coefficient (Wildman–Crippen LogP) is 1.12. The minimum atomic E-state index is 0.482. The number of benzene rings is 1. The first-order chi connectivity index (χ1) is 8.72. The maximum absolute atomic E-state index is 5.59. The van der Waals surface area contributed by atoms with E-state index in [0.717, 1.165) is 22.5 Å². The lowest BCUT2D eigenvalue weighted by Crippen LogP contribution is -2.12. The molecule has 2 aromatic rings. The van der Waals surface area contributed by atoms with Crippen LogP contribution < -0.4 is 11.5 Å². The van der Waals surface area contributed by atoms with Crippen molar-refractivity contribution in [2.45, 2.75) is 6.42 Å². The number of nitrogens with one attached hydrogen (secondary N) is 1. The molecule has 0 bridgehead atoms. The zero-order chi connectivity index (χ0) is 12.5. The van der Waals surface area contributed by atoms with Crippen LogP contribution in [0, 0.1) is 0 Å². The van der Waals surface area contributed by atoms with Crippen molar-refractivity contribution >= 4 is 17.4 Å². The molecule has 0 aliphatic carbocycles. The Bertz CT molecular complexity index is 635. The molecule has 6 nitrogen and oxygen atoms in total. The summed E-state index contributed by atoms with van der Waals surface area (Å²) in [6.07, 6.45) is 0.607. The highest BCUT2D eigenvalue weighted by molar-refractivity contribution is 6.14. The molecule has 2 heterocycles. The Balaban J connectivity index is 1.86. The minimum absolute atomic E-state index is 0.482. The fourth-order valence-corrected chi connectivity index (χ4v) is 1.85. The Morgan fingerprint density at radius 3 is 2.28 bits per heavy atom. The minimum Gasteiger partial charge on any atom is -0.385 e. The number of nitrogens with zero attached hydrogens (tertiary/aromatic N) is 3. The summed E-state index contributed by atoms with van der Waals surface area (Å²) in [4.78, 5) is 0. The van der Waals surface area contributed by atoms with Crippen LogP contribution in [0.2, 0.25) is 0 Å². The summed E-state index contributed by atoms with van der Waals surface area (Å²) in [5.41, 5.74) is 15.0. The summed E-state index contributed by atoms with van der Waals surface area (Å²) in [7, 11) is 0. The molecule has 1 aliphatic heterocycles. The summed E-state index contributed by atoms with van der Waals surface area (Å²) in [5.74, 6) is 1.03. The van der Waals surface area contributed by atoms with Gasteiger partial charge < -0.3 is 11.5 Å². The molecule has 0 spiro atoms. The van der Waals surface area contributed by atoms with Crippen LogP contribution in [0.5, 0.6) is 0 Å². The molecule has 1 aromatic carbocycles. The number of H-pyrrole nitrogens is 1. The third kappa shape index (κ3) is 1.84. The van der Waals surface area contributed by atoms with E-state index in [1.165, 1.54) is 0 Å². The SMILES string of the molecule is NC1=NN=C(c2ccc(-c3cc(N)n[nH]3)cc2)C1. The van der Waals surface area contributed by atoms with Gasteiger partial charge in [0.15, 0.2) is 0 Å². The van der Waals surface area contributed by atoms with Crippen molar-refractivity contribution in [2.75, 3.05) is 5.73 Å². The first-order valence-corrected chi connectivity index (χ1v) is 5.53. The van der Waals surface area contributed by atoms with E-state index in [1.807, 2.05) is 24.3 Å². The lowest BCUT2D eigenvalue weighted by molar-refractivity contribution is 1.10. The number of nitrogens with two attached hydrogens (primary N) is 2. The van der Waals surface area contributed by atoms with Crippen molar-refractivity contribution in [1.82, 2.24) is 10.2 Å². The van der Waals surface area contributed by atoms with Crippen LogP contribution in [0.1, 0.15) is 12.0 Å². The van der Waals surface area contributed by atoms with Gasteiger partial charge in [0, 0.05) is 6.07 Å². The number of hydrogen-bond acceptors (Lipinski definition) is 5. The van der Waals surface area contributed by atoms with Gasteiger partial charge in [-0.05, 0) is 11.1 Å². The Hall–Kier alpha value is -2.63. The number of anilines is 1. The van der Waals surface area contributed by atoms with Gasteiger partial charge in [-0.3, -0.25) is 5.10 Å². The zero-order valence-corrected chi connectivity index (χ0v) is 9.59. The molecule has 0 unspecified atom stereocenters. The molecule has 0 amide bonds. The molecular weight excluding hydrogens is 228 g/mol. The van der Waals surface area contributed by atoms with E-state index in [2.05, 4.69) is 20.4 Å². The van der Waals surface area contributed by atoms with Crippen LogP contribution in [0.25, 0.3) is 11.3 Å². The topological polar surface area (TPSA) is 105 Å². The molecule has 0 atom stereocenters. The monoisotopic (exact) mass is 240 g/mol. The summed E-state index contributed by atoms with van der Waals surface area (Å²) in [5, 5.41) is 14.6. The van der Waals surface area contributed by atoms with Crippen molar-refractivity contribution in [3.05, 3.63) is 35.9 Å². The zero-order valence-electron chi connectivity index (χ0n) is 9.59. The number of amidine groups is 1. The van der Waals surface area contributed by atoms with Gasteiger partial charge in [-0.1, -0.05) is 24.3 Å². The van der Waals surface area contributed by atoms with Crippen molar-refractivity contribution < 1.29 is 0 Å². The van der Waals surface area contributed by atoms with E-state index in [9.17, 15) is 0 Å². The van der Waals surface area contributed by atoms with Gasteiger partial charge in [0.2, 0.25) is 0 Å². The average molecular weight is 240 g/mol. The van der Waals surface area contributed by atoms with Gasteiger partial charge in [-0.15, -0.1) is 5.10 Å². The number of nitrogen functional groups attached to an aromatic ring is 1. The third-order valence-electron chi connectivity index (χ3n) is 2.77. The lowest BCUT2D eigenvalue weighted by Gasteiger charge is -2.01. The van der Waals surface area contributed by atoms with Crippen LogP contribution in [0.3, 0.4) is 0 Å². The Labute approximate surface area is 103 Å². The summed E-state index contributed by atoms with van der Waals surface area (Å²) in [6.45, 7) is 0. The summed E-state index contributed by atoms with van der Waals surface area (Å²) in [6, 6.07) is 9.74. The highest BCUT2D eigenvalue weighted by atomic mass is 15.3. The summed E-state index contributed by atoms with van der Waals surface area (Å²) >= 11 is 0. The van der Waals surface area contributed by atoms with Crippen molar-refractivity contribution in [3.8, 4) is 11.3 Å². The van der Waals surface area contributed by atoms with Crippen LogP contribution >= 0.6 is 0 Å². The predicted molar refractivity (Wildman–Crippen MR) is 71.2 cm³/mol. The van der Waals surface area contributed by atoms with E-state index in [4.69, 9.17) is 11.5 Å². The van der Waals surface area contributed by atoms with E-state index in [-0.39, 0.29) is 0 Å². The second-order valence-electron chi connectivity index (χ2n) is 4.10. The van der Waals surface area contributed by atoms with Gasteiger partial charge in [-0.2, -0.15) is 10.2 Å². The highest BCUT2D eigenvalue weighted by Gasteiger charge is 2.11. The molecule has 0 saturated heterocycles. The van der Waals surface area contributed by atoms with E-state index < -0.39 is 0 Å². The van der Waals surface area contributed by atoms with Crippen molar-refractivity contribution in [2.24, 2.45) is 15.9 Å². The largest absolute Gasteiger partial charge is 0.385 e. The van der Waals surface area contributed by atoms with Crippen LogP contribution in [-0.4, -0.2) is 21.7 Å². The lowest BCUT2D eigenvalue weighted by atomic mass is 10.0. The van der Waals surface area contributed by atoms with Crippen molar-refractivity contribution in [3.63, 3.8) is 0 Å². The smallest absolute Gasteiger partial charge is 0.145 e. The number of aromatic nitrogens is 2. The quantitative estimate of drug-likeness (QED) is 0.732. The summed E-state index contributed by atoms with van der Waals surface area (Å²) < 4.78 is 0. The fraction of sp³-hybridized carbons (Fsp3) is 0.0833. The molecule has 0 saturated carbocycles. The highest BCUT2D eigenvalue weighted by Crippen LogP contribution is 2.20. The average Bonchev–Trinajstić information content (AvgIpc) is 2.98. The number of aromatic amines is 1. The standard InChI is InChI=1S/C12H12N6/c13-11-5-9(15-17-11)7-1-2-8(4-3-7)10-6-12(14)18-16-10/h1-5H,6H2,(H2,14,18)(H3,13,15,17). The van der Waals surface area contributed by atoms with Crippen LogP contribution in [0.4, 0.5) is 5.82 Å². The molecule has 3 rings (SSSR count). The maximum Gasteiger partial charge on any atom is 0.145 e. The first kappa shape index (κ1) is 10.5. The van der Waals surface area contributed by atoms with Crippen LogP contribution in [0.15, 0.2) is 40.5 Å². The fourth-order valence-electron chi connectivity index (χ4n) is 1.85. The van der Waals surface area contributed by atoms with E-state index in [1.54, 1.807) is 6.07 Å². The van der Waals surface area contributed by atoms with Gasteiger partial charge in [0.25, 0.3) is 0 Å². The molecule has 1 aliphatic rings. The van der Waals surface area contributed by atoms with Gasteiger partial charge in [-0.25, -0.2) is 0 Å². The molecular formula is C12H12N6. The first-order valence-electron chi connectivity index (χ1n) is 5.53. The van der Waals surface area contributed by atoms with Gasteiger partial charge in [0.1, 0.15) is 11.7 Å². The molecule has 18 heavy (non-hydrogen) atoms. The second-order valence-corrected chi connectivity index (χ2v) is 4.10. The van der Waals surface area contributed by atoms with Crippen LogP contribution in [-0.2, 0) is 0 Å². The Morgan fingerprint density at radius 1 is 1.00 bits per heavy atom. The molecule has 0 radical (unpaired) electrons. The molecule has 1 aromatic heterocycles. The van der Waals surface area contributed by atoms with E-state index >= 15 is 0 Å². The number of hydrogen-bond donors (Lipinski definition) is 3. The Morgan fingerprint density at radius 2 is 1.72 bits per heavy atom. The second kappa shape index (κ2) is 3.99. The molecule has 5 N–H and O–H groups in total. The normalized spacial score (nSPS) is 14.4. The van der Waals surface area contributed by atoms with Crippen molar-refractivity contribution in [1.29, 1.82) is 0 Å².